The van der Waals surface area contributed by atoms with Crippen molar-refractivity contribution in [1.82, 2.24) is 5.32 Å². The van der Waals surface area contributed by atoms with Crippen LogP contribution in [0.3, 0.4) is 0 Å². The van der Waals surface area contributed by atoms with E-state index in [1.807, 2.05) is 0 Å². The molecule has 1 amide bonds. The maximum Gasteiger partial charge on any atom is 0.407 e. The Morgan fingerprint density at radius 1 is 1.31 bits per heavy atom. The lowest BCUT2D eigenvalue weighted by Crippen LogP contribution is -2.59. The summed E-state index contributed by atoms with van der Waals surface area (Å²) in [7, 11) is 0. The Bertz CT molecular complexity index is 191. The first-order valence-electron chi connectivity index (χ1n) is 4.94. The van der Waals surface area contributed by atoms with Gasteiger partial charge in [-0.2, -0.15) is 0 Å². The summed E-state index contributed by atoms with van der Waals surface area (Å²) in [4.78, 5) is 11.2. The quantitative estimate of drug-likeness (QED) is 0.716. The highest BCUT2D eigenvalue weighted by Crippen LogP contribution is 2.31. The minimum Gasteiger partial charge on any atom is -0.449 e. The van der Waals surface area contributed by atoms with Crippen LogP contribution < -0.4 is 5.32 Å². The van der Waals surface area contributed by atoms with Crippen LogP contribution in [0.2, 0.25) is 0 Å². The fraction of sp³-hybridized carbons (Fsp3) is 0.900. The molecule has 0 aromatic carbocycles. The highest BCUT2D eigenvalue weighted by molar-refractivity contribution is 5.69. The first kappa shape index (κ1) is 10.4. The molecule has 1 fully saturated rings. The molecule has 0 atom stereocenters. The van der Waals surface area contributed by atoms with E-state index in [1.54, 1.807) is 0 Å². The normalized spacial score (nSPS) is 21.5. The maximum atomic E-state index is 11.2. The molecule has 1 rings (SSSR count). The molecule has 0 aromatic rings. The third-order valence-corrected chi connectivity index (χ3v) is 3.14. The molecule has 0 saturated carbocycles. The molecule has 0 aliphatic carbocycles. The predicted octanol–water partition coefficient (Wildman–Crippen LogP) is 2.17. The van der Waals surface area contributed by atoms with Crippen LogP contribution in [-0.4, -0.2) is 18.2 Å². The molecule has 1 heterocycles. The van der Waals surface area contributed by atoms with E-state index in [4.69, 9.17) is 4.74 Å². The van der Waals surface area contributed by atoms with Crippen LogP contribution >= 0.6 is 0 Å². The zero-order valence-electron chi connectivity index (χ0n) is 8.89. The molecule has 13 heavy (non-hydrogen) atoms. The number of hydrogen-bond acceptors (Lipinski definition) is 2. The Morgan fingerprint density at radius 3 is 2.15 bits per heavy atom. The summed E-state index contributed by atoms with van der Waals surface area (Å²) in [5, 5.41) is 2.97. The highest BCUT2D eigenvalue weighted by Gasteiger charge is 2.41. The van der Waals surface area contributed by atoms with E-state index >= 15 is 0 Å². The zero-order valence-corrected chi connectivity index (χ0v) is 8.89. The second-order valence-corrected chi connectivity index (χ2v) is 4.36. The molecule has 0 unspecified atom stereocenters. The molecule has 1 N–H and O–H groups in total. The Morgan fingerprint density at radius 2 is 1.85 bits per heavy atom. The number of nitrogens with one attached hydrogen (secondary N) is 1. The van der Waals surface area contributed by atoms with E-state index < -0.39 is 0 Å². The van der Waals surface area contributed by atoms with Crippen molar-refractivity contribution in [2.75, 3.05) is 6.61 Å². The number of carbonyl (C=O) groups excluding carboxylic acids is 1. The smallest absolute Gasteiger partial charge is 0.407 e. The lowest BCUT2D eigenvalue weighted by atomic mass is 9.74. The van der Waals surface area contributed by atoms with E-state index in [1.165, 1.54) is 0 Å². The van der Waals surface area contributed by atoms with Crippen molar-refractivity contribution in [2.45, 2.75) is 39.7 Å². The summed E-state index contributed by atoms with van der Waals surface area (Å²) in [6, 6.07) is 0. The van der Waals surface area contributed by atoms with Crippen LogP contribution in [0.15, 0.2) is 0 Å². The molecule has 0 bridgehead atoms. The van der Waals surface area contributed by atoms with Crippen molar-refractivity contribution >= 4 is 6.09 Å². The summed E-state index contributed by atoms with van der Waals surface area (Å²) >= 11 is 0. The van der Waals surface area contributed by atoms with Gasteiger partial charge in [-0.15, -0.1) is 0 Å². The lowest BCUT2D eigenvalue weighted by Gasteiger charge is -2.44. The Hall–Kier alpha value is -0.730. The topological polar surface area (TPSA) is 38.3 Å². The molecule has 0 aromatic heterocycles. The van der Waals surface area contributed by atoms with Crippen LogP contribution in [0.25, 0.3) is 0 Å². The first-order chi connectivity index (χ1) is 5.99. The van der Waals surface area contributed by atoms with Gasteiger partial charge in [0.25, 0.3) is 0 Å². The van der Waals surface area contributed by atoms with Crippen LogP contribution in [0.1, 0.15) is 34.1 Å². The Balaban J connectivity index is 2.83. The van der Waals surface area contributed by atoms with Gasteiger partial charge in [-0.25, -0.2) is 4.79 Å². The van der Waals surface area contributed by atoms with Crippen LogP contribution in [0.5, 0.6) is 0 Å². The fourth-order valence-corrected chi connectivity index (χ4v) is 2.13. The third-order valence-electron chi connectivity index (χ3n) is 3.14. The van der Waals surface area contributed by atoms with E-state index in [-0.39, 0.29) is 11.6 Å². The van der Waals surface area contributed by atoms with Gasteiger partial charge in [0.15, 0.2) is 0 Å². The molecule has 3 nitrogen and oxygen atoms in total. The van der Waals surface area contributed by atoms with Crippen LogP contribution in [-0.2, 0) is 4.74 Å². The summed E-state index contributed by atoms with van der Waals surface area (Å²) in [6.45, 7) is 9.12. The number of ether oxygens (including phenoxy) is 1. The zero-order chi connectivity index (χ0) is 10.1. The standard InChI is InChI=1S/C10H19NO2/c1-7(2)10(8(3)4)5-6-13-9(12)11-10/h7-8H,5-6H2,1-4H3,(H,11,12). The molecular weight excluding hydrogens is 166 g/mol. The number of rotatable bonds is 2. The molecule has 1 aliphatic heterocycles. The average molecular weight is 185 g/mol. The van der Waals surface area contributed by atoms with Gasteiger partial charge in [-0.05, 0) is 11.8 Å². The van der Waals surface area contributed by atoms with Crippen LogP contribution in [0, 0.1) is 11.8 Å². The van der Waals surface area contributed by atoms with Gasteiger partial charge in [0.1, 0.15) is 0 Å². The molecule has 76 valence electrons. The van der Waals surface area contributed by atoms with E-state index in [0.717, 1.165) is 6.42 Å². The van der Waals surface area contributed by atoms with Gasteiger partial charge in [0.2, 0.25) is 0 Å². The molecular formula is C10H19NO2. The van der Waals surface area contributed by atoms with Gasteiger partial charge in [0, 0.05) is 6.42 Å². The van der Waals surface area contributed by atoms with Crippen molar-refractivity contribution in [3.8, 4) is 0 Å². The van der Waals surface area contributed by atoms with E-state index in [0.29, 0.717) is 18.4 Å². The van der Waals surface area contributed by atoms with Gasteiger partial charge >= 0.3 is 6.09 Å². The van der Waals surface area contributed by atoms with Crippen molar-refractivity contribution in [3.05, 3.63) is 0 Å². The lowest BCUT2D eigenvalue weighted by molar-refractivity contribution is 0.0459. The SMILES string of the molecule is CC(C)C1(C(C)C)CCOC(=O)N1. The van der Waals surface area contributed by atoms with Gasteiger partial charge in [-0.1, -0.05) is 27.7 Å². The number of cyclic esters (lactones) is 1. The number of hydrogen-bond donors (Lipinski definition) is 1. The second kappa shape index (κ2) is 3.56. The summed E-state index contributed by atoms with van der Waals surface area (Å²) in [5.74, 6) is 0.890. The predicted molar refractivity (Wildman–Crippen MR) is 51.5 cm³/mol. The van der Waals surface area contributed by atoms with Gasteiger partial charge in [0.05, 0.1) is 12.1 Å². The summed E-state index contributed by atoms with van der Waals surface area (Å²) in [6.07, 6.45) is 0.641. The molecule has 1 saturated heterocycles. The Labute approximate surface area is 79.8 Å². The molecule has 0 spiro atoms. The average Bonchev–Trinajstić information content (AvgIpc) is 2.03. The largest absolute Gasteiger partial charge is 0.449 e. The van der Waals surface area contributed by atoms with Crippen molar-refractivity contribution < 1.29 is 9.53 Å². The minimum absolute atomic E-state index is 0.0741. The van der Waals surface area contributed by atoms with Gasteiger partial charge < -0.3 is 10.1 Å². The summed E-state index contributed by atoms with van der Waals surface area (Å²) < 4.78 is 4.88. The number of amides is 1. The molecule has 3 heteroatoms. The number of carbonyl (C=O) groups is 1. The minimum atomic E-state index is -0.270. The molecule has 0 radical (unpaired) electrons. The van der Waals surface area contributed by atoms with Crippen molar-refractivity contribution in [1.29, 1.82) is 0 Å². The number of alkyl carbamates (subject to hydrolysis) is 1. The fourth-order valence-electron chi connectivity index (χ4n) is 2.13. The van der Waals surface area contributed by atoms with E-state index in [2.05, 4.69) is 33.0 Å². The highest BCUT2D eigenvalue weighted by atomic mass is 16.6. The second-order valence-electron chi connectivity index (χ2n) is 4.36. The van der Waals surface area contributed by atoms with Crippen LogP contribution in [0.4, 0.5) is 4.79 Å². The molecule has 1 aliphatic rings. The Kier molecular flexibility index (Phi) is 2.84. The third kappa shape index (κ3) is 1.79. The first-order valence-corrected chi connectivity index (χ1v) is 4.94. The van der Waals surface area contributed by atoms with Crippen molar-refractivity contribution in [2.24, 2.45) is 11.8 Å². The maximum absolute atomic E-state index is 11.2. The monoisotopic (exact) mass is 185 g/mol. The van der Waals surface area contributed by atoms with Crippen molar-refractivity contribution in [3.63, 3.8) is 0 Å². The summed E-state index contributed by atoms with van der Waals surface area (Å²) in [5.41, 5.74) is -0.0741. The van der Waals surface area contributed by atoms with Gasteiger partial charge in [-0.3, -0.25) is 0 Å². The van der Waals surface area contributed by atoms with E-state index in [9.17, 15) is 4.79 Å².